The Morgan fingerprint density at radius 1 is 1.26 bits per heavy atom. The number of aromatic nitrogens is 1. The highest BCUT2D eigenvalue weighted by Gasteiger charge is 2.11. The summed E-state index contributed by atoms with van der Waals surface area (Å²) < 4.78 is 2.16. The molecule has 2 aromatic rings. The monoisotopic (exact) mass is 260 g/mol. The third-order valence-corrected chi connectivity index (χ3v) is 3.54. The Bertz CT molecular complexity index is 531. The van der Waals surface area contributed by atoms with Crippen LogP contribution in [0.25, 0.3) is 10.9 Å². The molecular weight excluding hydrogens is 236 g/mol. The smallest absolute Gasteiger partial charge is 0.0584 e. The van der Waals surface area contributed by atoms with Crippen LogP contribution in [-0.2, 0) is 13.6 Å². The van der Waals surface area contributed by atoms with E-state index in [1.165, 1.54) is 16.5 Å². The highest BCUT2D eigenvalue weighted by molar-refractivity contribution is 5.83. The van der Waals surface area contributed by atoms with Gasteiger partial charge < -0.3 is 15.0 Å². The lowest BCUT2D eigenvalue weighted by Crippen LogP contribution is -2.33. The lowest BCUT2D eigenvalue weighted by molar-refractivity contribution is 0.223. The first-order valence-electron chi connectivity index (χ1n) is 6.99. The van der Waals surface area contributed by atoms with Gasteiger partial charge in [-0.25, -0.2) is 0 Å². The number of aliphatic hydroxyl groups is 1. The van der Waals surface area contributed by atoms with Crippen molar-refractivity contribution in [3.05, 3.63) is 36.0 Å². The number of nitrogens with zero attached hydrogens (tertiary/aromatic N) is 1. The summed E-state index contributed by atoms with van der Waals surface area (Å²) in [5.74, 6) is 0.595. The van der Waals surface area contributed by atoms with Crippen LogP contribution in [0.2, 0.25) is 0 Å². The Morgan fingerprint density at radius 3 is 2.68 bits per heavy atom. The van der Waals surface area contributed by atoms with Crippen molar-refractivity contribution in [2.75, 3.05) is 6.61 Å². The van der Waals surface area contributed by atoms with Crippen LogP contribution in [0.1, 0.15) is 25.8 Å². The zero-order valence-electron chi connectivity index (χ0n) is 12.1. The minimum Gasteiger partial charge on any atom is -0.395 e. The van der Waals surface area contributed by atoms with E-state index in [0.29, 0.717) is 5.92 Å². The fraction of sp³-hybridized carbons (Fsp3) is 0.500. The molecule has 0 spiro atoms. The Morgan fingerprint density at radius 2 is 2.00 bits per heavy atom. The molecule has 1 aromatic heterocycles. The van der Waals surface area contributed by atoms with E-state index in [2.05, 4.69) is 61.2 Å². The molecule has 0 amide bonds. The number of para-hydroxylation sites is 1. The molecule has 0 aliphatic carbocycles. The normalized spacial score (nSPS) is 13.3. The van der Waals surface area contributed by atoms with E-state index in [1.807, 2.05) is 0 Å². The van der Waals surface area contributed by atoms with Gasteiger partial charge in [-0.1, -0.05) is 32.0 Å². The van der Waals surface area contributed by atoms with Crippen LogP contribution in [0, 0.1) is 5.92 Å². The molecule has 0 aliphatic rings. The standard InChI is InChI=1S/C16H24N2O/c1-12(2)8-14(11-19)17-9-13-10-18(3)16-7-5-4-6-15(13)16/h4-7,10,12,14,17,19H,8-9,11H2,1-3H3. The minimum absolute atomic E-state index is 0.180. The molecule has 3 heteroatoms. The molecule has 1 aromatic carbocycles. The van der Waals surface area contributed by atoms with Crippen LogP contribution >= 0.6 is 0 Å². The van der Waals surface area contributed by atoms with Crippen LogP contribution in [-0.4, -0.2) is 22.3 Å². The molecule has 0 radical (unpaired) electrons. The summed E-state index contributed by atoms with van der Waals surface area (Å²) in [4.78, 5) is 0. The van der Waals surface area contributed by atoms with E-state index in [0.717, 1.165) is 13.0 Å². The second-order valence-electron chi connectivity index (χ2n) is 5.67. The third-order valence-electron chi connectivity index (χ3n) is 3.54. The maximum atomic E-state index is 9.40. The topological polar surface area (TPSA) is 37.2 Å². The highest BCUT2D eigenvalue weighted by Crippen LogP contribution is 2.20. The van der Waals surface area contributed by atoms with Crippen molar-refractivity contribution in [2.24, 2.45) is 13.0 Å². The molecule has 2 N–H and O–H groups in total. The first-order chi connectivity index (χ1) is 9.11. The first-order valence-corrected chi connectivity index (χ1v) is 6.99. The fourth-order valence-corrected chi connectivity index (χ4v) is 2.61. The van der Waals surface area contributed by atoms with Crippen molar-refractivity contribution in [1.82, 2.24) is 9.88 Å². The lowest BCUT2D eigenvalue weighted by Gasteiger charge is -2.18. The summed E-state index contributed by atoms with van der Waals surface area (Å²) in [5.41, 5.74) is 2.55. The van der Waals surface area contributed by atoms with Gasteiger partial charge in [0.25, 0.3) is 0 Å². The van der Waals surface area contributed by atoms with Crippen molar-refractivity contribution in [1.29, 1.82) is 0 Å². The Labute approximate surface area is 115 Å². The molecule has 1 unspecified atom stereocenters. The van der Waals surface area contributed by atoms with Crippen LogP contribution < -0.4 is 5.32 Å². The minimum atomic E-state index is 0.180. The zero-order chi connectivity index (χ0) is 13.8. The molecule has 1 heterocycles. The molecule has 3 nitrogen and oxygen atoms in total. The largest absolute Gasteiger partial charge is 0.395 e. The van der Waals surface area contributed by atoms with E-state index in [4.69, 9.17) is 0 Å². The number of fused-ring (bicyclic) bond motifs is 1. The number of nitrogens with one attached hydrogen (secondary N) is 1. The maximum absolute atomic E-state index is 9.40. The maximum Gasteiger partial charge on any atom is 0.0584 e. The summed E-state index contributed by atoms with van der Waals surface area (Å²) >= 11 is 0. The quantitative estimate of drug-likeness (QED) is 0.838. The van der Waals surface area contributed by atoms with Crippen LogP contribution in [0.15, 0.2) is 30.5 Å². The van der Waals surface area contributed by atoms with Crippen LogP contribution in [0.3, 0.4) is 0 Å². The summed E-state index contributed by atoms with van der Waals surface area (Å²) in [5, 5.41) is 14.2. The molecule has 19 heavy (non-hydrogen) atoms. The van der Waals surface area contributed by atoms with E-state index in [1.54, 1.807) is 0 Å². The molecule has 104 valence electrons. The van der Waals surface area contributed by atoms with Crippen molar-refractivity contribution in [3.63, 3.8) is 0 Å². The third kappa shape index (κ3) is 3.37. The van der Waals surface area contributed by atoms with Crippen LogP contribution in [0.5, 0.6) is 0 Å². The van der Waals surface area contributed by atoms with Gasteiger partial charge in [0.1, 0.15) is 0 Å². The van der Waals surface area contributed by atoms with Crippen LogP contribution in [0.4, 0.5) is 0 Å². The van der Waals surface area contributed by atoms with Crippen molar-refractivity contribution in [2.45, 2.75) is 32.9 Å². The van der Waals surface area contributed by atoms with Crippen molar-refractivity contribution in [3.8, 4) is 0 Å². The fourth-order valence-electron chi connectivity index (χ4n) is 2.61. The number of hydrogen-bond acceptors (Lipinski definition) is 2. The van der Waals surface area contributed by atoms with Gasteiger partial charge in [0.15, 0.2) is 0 Å². The van der Waals surface area contributed by atoms with Gasteiger partial charge in [-0.3, -0.25) is 0 Å². The number of benzene rings is 1. The van der Waals surface area contributed by atoms with Gasteiger partial charge in [0.2, 0.25) is 0 Å². The summed E-state index contributed by atoms with van der Waals surface area (Å²) in [6, 6.07) is 8.61. The highest BCUT2D eigenvalue weighted by atomic mass is 16.3. The number of aryl methyl sites for hydroxylation is 1. The van der Waals surface area contributed by atoms with E-state index in [-0.39, 0.29) is 12.6 Å². The first kappa shape index (κ1) is 14.1. The molecule has 0 aliphatic heterocycles. The van der Waals surface area contributed by atoms with Gasteiger partial charge in [0, 0.05) is 36.7 Å². The van der Waals surface area contributed by atoms with E-state index in [9.17, 15) is 5.11 Å². The molecule has 0 saturated heterocycles. The predicted octanol–water partition coefficient (Wildman–Crippen LogP) is 2.67. The average Bonchev–Trinajstić information content (AvgIpc) is 2.72. The Hall–Kier alpha value is -1.32. The molecule has 0 bridgehead atoms. The number of aliphatic hydroxyl groups excluding tert-OH is 1. The molecule has 0 saturated carbocycles. The number of hydrogen-bond donors (Lipinski definition) is 2. The van der Waals surface area contributed by atoms with Gasteiger partial charge in [-0.2, -0.15) is 0 Å². The van der Waals surface area contributed by atoms with E-state index < -0.39 is 0 Å². The summed E-state index contributed by atoms with van der Waals surface area (Å²) in [7, 11) is 2.07. The average molecular weight is 260 g/mol. The molecule has 0 fully saturated rings. The molecule has 2 rings (SSSR count). The van der Waals surface area contributed by atoms with Crippen molar-refractivity contribution >= 4 is 10.9 Å². The SMILES string of the molecule is CC(C)CC(CO)NCc1cn(C)c2ccccc12. The Balaban J connectivity index is 2.09. The predicted molar refractivity (Wildman–Crippen MR) is 80.1 cm³/mol. The van der Waals surface area contributed by atoms with Gasteiger partial charge in [-0.15, -0.1) is 0 Å². The lowest BCUT2D eigenvalue weighted by atomic mass is 10.0. The second kappa shape index (κ2) is 6.22. The van der Waals surface area contributed by atoms with Gasteiger partial charge in [-0.05, 0) is 24.0 Å². The summed E-state index contributed by atoms with van der Waals surface area (Å²) in [6.45, 7) is 5.37. The van der Waals surface area contributed by atoms with Crippen molar-refractivity contribution < 1.29 is 5.11 Å². The Kier molecular flexibility index (Phi) is 4.61. The van der Waals surface area contributed by atoms with Gasteiger partial charge in [0.05, 0.1) is 6.61 Å². The van der Waals surface area contributed by atoms with Gasteiger partial charge >= 0.3 is 0 Å². The zero-order valence-corrected chi connectivity index (χ0v) is 12.1. The summed E-state index contributed by atoms with van der Waals surface area (Å²) in [6.07, 6.45) is 3.17. The molecule has 1 atom stereocenters. The second-order valence-corrected chi connectivity index (χ2v) is 5.67. The number of rotatable bonds is 6. The van der Waals surface area contributed by atoms with E-state index >= 15 is 0 Å². The molecular formula is C16H24N2O.